The minimum Gasteiger partial charge on any atom is -0.493 e. The second-order valence-electron chi connectivity index (χ2n) is 10.3. The van der Waals surface area contributed by atoms with Gasteiger partial charge in [0.25, 0.3) is 5.69 Å². The quantitative estimate of drug-likeness (QED) is 0.215. The SMILES string of the molecule is CC(C)(C)CC(C)(C)c1ccc(OCC(=O)N=Nc2c(O)[nH]c3ccc([N+](=O)[O-])cc23)c([N+](=O)[O-])c1. The number of carbonyl (C=O) groups excluding carboxylic acids is 1. The monoisotopic (exact) mass is 497 g/mol. The van der Waals surface area contributed by atoms with Crippen LogP contribution in [0.4, 0.5) is 17.1 Å². The maximum absolute atomic E-state index is 12.2. The van der Waals surface area contributed by atoms with Crippen LogP contribution in [0.2, 0.25) is 0 Å². The molecule has 12 heteroatoms. The van der Waals surface area contributed by atoms with Crippen LogP contribution in [0.5, 0.6) is 11.6 Å². The number of fused-ring (bicyclic) bond motifs is 1. The minimum atomic E-state index is -0.874. The molecule has 1 aromatic heterocycles. The molecular formula is C24H27N5O7. The van der Waals surface area contributed by atoms with E-state index in [1.165, 1.54) is 30.3 Å². The molecule has 190 valence electrons. The summed E-state index contributed by atoms with van der Waals surface area (Å²) < 4.78 is 5.36. The van der Waals surface area contributed by atoms with E-state index in [1.807, 2.05) is 13.8 Å². The van der Waals surface area contributed by atoms with Crippen molar-refractivity contribution < 1.29 is 24.5 Å². The molecule has 3 rings (SSSR count). The maximum atomic E-state index is 12.2. The zero-order valence-corrected chi connectivity index (χ0v) is 20.6. The van der Waals surface area contributed by atoms with Crippen LogP contribution < -0.4 is 4.74 Å². The summed E-state index contributed by atoms with van der Waals surface area (Å²) in [5.74, 6) is -1.39. The van der Waals surface area contributed by atoms with Crippen LogP contribution in [-0.2, 0) is 10.2 Å². The number of amides is 1. The molecule has 0 radical (unpaired) electrons. The lowest BCUT2D eigenvalue weighted by Crippen LogP contribution is -2.25. The number of azo groups is 1. The predicted molar refractivity (Wildman–Crippen MR) is 132 cm³/mol. The third-order valence-electron chi connectivity index (χ3n) is 5.47. The molecule has 0 bridgehead atoms. The zero-order valence-electron chi connectivity index (χ0n) is 20.6. The standard InChI is InChI=1S/C24H27N5O7/c1-23(2,3)13-24(4,5)14-6-9-19(18(10-14)29(34)35)36-12-20(30)26-27-21-16-11-15(28(32)33)7-8-17(16)25-22(21)31/h6-11,25,31H,12-13H2,1-5H3. The van der Waals surface area contributed by atoms with Crippen LogP contribution in [0.3, 0.4) is 0 Å². The molecule has 36 heavy (non-hydrogen) atoms. The van der Waals surface area contributed by atoms with E-state index in [1.54, 1.807) is 6.07 Å². The Morgan fingerprint density at radius 2 is 1.75 bits per heavy atom. The van der Waals surface area contributed by atoms with Crippen molar-refractivity contribution in [2.75, 3.05) is 6.61 Å². The molecule has 0 fully saturated rings. The molecular weight excluding hydrogens is 470 g/mol. The van der Waals surface area contributed by atoms with Crippen LogP contribution in [0, 0.1) is 25.6 Å². The van der Waals surface area contributed by atoms with E-state index in [2.05, 4.69) is 36.0 Å². The van der Waals surface area contributed by atoms with Gasteiger partial charge >= 0.3 is 11.6 Å². The molecule has 12 nitrogen and oxygen atoms in total. The molecule has 2 aromatic carbocycles. The molecule has 0 saturated heterocycles. The molecule has 1 amide bonds. The number of ether oxygens (including phenoxy) is 1. The van der Waals surface area contributed by atoms with Gasteiger partial charge in [0.2, 0.25) is 5.88 Å². The smallest absolute Gasteiger partial charge is 0.311 e. The van der Waals surface area contributed by atoms with Gasteiger partial charge < -0.3 is 14.8 Å². The molecule has 0 unspecified atom stereocenters. The summed E-state index contributed by atoms with van der Waals surface area (Å²) in [6.07, 6.45) is 0.792. The van der Waals surface area contributed by atoms with Gasteiger partial charge in [0.1, 0.15) is 0 Å². The minimum absolute atomic E-state index is 0.00895. The topological polar surface area (TPSA) is 173 Å². The Labute approximate surface area is 206 Å². The number of nitro groups is 2. The Hall–Kier alpha value is -4.35. The van der Waals surface area contributed by atoms with Crippen molar-refractivity contribution in [3.63, 3.8) is 0 Å². The number of hydrogen-bond acceptors (Lipinski definition) is 8. The first-order valence-electron chi connectivity index (χ1n) is 11.0. The van der Waals surface area contributed by atoms with Crippen molar-refractivity contribution in [1.29, 1.82) is 0 Å². The highest BCUT2D eigenvalue weighted by Gasteiger charge is 2.30. The number of carbonyl (C=O) groups is 1. The Morgan fingerprint density at radius 3 is 2.36 bits per heavy atom. The third kappa shape index (κ3) is 6.01. The van der Waals surface area contributed by atoms with E-state index in [0.717, 1.165) is 12.0 Å². The van der Waals surface area contributed by atoms with Gasteiger partial charge in [-0.05, 0) is 34.9 Å². The number of aromatic hydroxyl groups is 1. The molecule has 1 heterocycles. The van der Waals surface area contributed by atoms with Gasteiger partial charge in [-0.2, -0.15) is 0 Å². The number of aromatic amines is 1. The number of rotatable bonds is 8. The number of non-ortho nitro benzene ring substituents is 1. The lowest BCUT2D eigenvalue weighted by molar-refractivity contribution is -0.385. The fourth-order valence-corrected chi connectivity index (χ4v) is 4.27. The van der Waals surface area contributed by atoms with E-state index < -0.39 is 28.2 Å². The Balaban J connectivity index is 1.78. The van der Waals surface area contributed by atoms with Crippen LogP contribution in [0.25, 0.3) is 10.9 Å². The lowest BCUT2D eigenvalue weighted by atomic mass is 9.72. The van der Waals surface area contributed by atoms with Crippen molar-refractivity contribution in [3.8, 4) is 11.6 Å². The molecule has 0 saturated carbocycles. The second kappa shape index (κ2) is 9.72. The highest BCUT2D eigenvalue weighted by Crippen LogP contribution is 2.40. The Kier molecular flexibility index (Phi) is 7.09. The van der Waals surface area contributed by atoms with Crippen LogP contribution in [0.1, 0.15) is 46.6 Å². The predicted octanol–water partition coefficient (Wildman–Crippen LogP) is 6.09. The number of nitro benzene ring substituents is 2. The Morgan fingerprint density at radius 1 is 1.06 bits per heavy atom. The number of nitrogens with one attached hydrogen (secondary N) is 1. The van der Waals surface area contributed by atoms with Gasteiger partial charge in [0.15, 0.2) is 18.0 Å². The van der Waals surface area contributed by atoms with Crippen molar-refractivity contribution in [3.05, 3.63) is 62.2 Å². The van der Waals surface area contributed by atoms with Crippen molar-refractivity contribution >= 4 is 33.9 Å². The summed E-state index contributed by atoms with van der Waals surface area (Å²) in [4.78, 5) is 36.3. The van der Waals surface area contributed by atoms with Gasteiger partial charge in [-0.15, -0.1) is 10.2 Å². The summed E-state index contributed by atoms with van der Waals surface area (Å²) in [7, 11) is 0. The molecule has 0 atom stereocenters. The largest absolute Gasteiger partial charge is 0.493 e. The normalized spacial score (nSPS) is 12.2. The third-order valence-corrected chi connectivity index (χ3v) is 5.47. The average molecular weight is 498 g/mol. The van der Waals surface area contributed by atoms with E-state index in [9.17, 15) is 30.1 Å². The summed E-state index contributed by atoms with van der Waals surface area (Å²) in [5, 5.41) is 40.1. The number of benzene rings is 2. The van der Waals surface area contributed by atoms with E-state index >= 15 is 0 Å². The second-order valence-corrected chi connectivity index (χ2v) is 10.3. The van der Waals surface area contributed by atoms with E-state index in [-0.39, 0.29) is 39.0 Å². The molecule has 0 aliphatic rings. The first-order valence-corrected chi connectivity index (χ1v) is 11.0. The van der Waals surface area contributed by atoms with Crippen LogP contribution in [-0.4, -0.2) is 32.5 Å². The van der Waals surface area contributed by atoms with Crippen molar-refractivity contribution in [1.82, 2.24) is 4.98 Å². The van der Waals surface area contributed by atoms with Gasteiger partial charge in [-0.3, -0.25) is 25.0 Å². The van der Waals surface area contributed by atoms with Crippen LogP contribution in [0.15, 0.2) is 46.6 Å². The summed E-state index contributed by atoms with van der Waals surface area (Å²) in [5.41, 5.74) is 0.150. The highest BCUT2D eigenvalue weighted by atomic mass is 16.6. The molecule has 0 aliphatic carbocycles. The maximum Gasteiger partial charge on any atom is 0.311 e. The van der Waals surface area contributed by atoms with Gasteiger partial charge in [0.05, 0.1) is 15.4 Å². The summed E-state index contributed by atoms with van der Waals surface area (Å²) in [6.45, 7) is 9.67. The number of nitrogens with zero attached hydrogens (tertiary/aromatic N) is 4. The van der Waals surface area contributed by atoms with Gasteiger partial charge in [0, 0.05) is 23.6 Å². The number of hydrogen-bond donors (Lipinski definition) is 2. The number of aromatic nitrogens is 1. The van der Waals surface area contributed by atoms with Crippen molar-refractivity contribution in [2.24, 2.45) is 15.6 Å². The van der Waals surface area contributed by atoms with Crippen molar-refractivity contribution in [2.45, 2.75) is 46.5 Å². The molecule has 0 aliphatic heterocycles. The first kappa shape index (κ1) is 26.3. The fourth-order valence-electron chi connectivity index (χ4n) is 4.27. The number of H-pyrrole nitrogens is 1. The van der Waals surface area contributed by atoms with E-state index in [4.69, 9.17) is 4.74 Å². The lowest BCUT2D eigenvalue weighted by Gasteiger charge is -2.33. The summed E-state index contributed by atoms with van der Waals surface area (Å²) in [6, 6.07) is 8.46. The van der Waals surface area contributed by atoms with Crippen LogP contribution >= 0.6 is 0 Å². The van der Waals surface area contributed by atoms with E-state index in [0.29, 0.717) is 5.52 Å². The fraction of sp³-hybridized carbons (Fsp3) is 0.375. The average Bonchev–Trinajstić information content (AvgIpc) is 3.08. The molecule has 0 spiro atoms. The highest BCUT2D eigenvalue weighted by molar-refractivity contribution is 5.95. The Bertz CT molecular complexity index is 1370. The molecule has 3 aromatic rings. The molecule has 2 N–H and O–H groups in total. The van der Waals surface area contributed by atoms with Gasteiger partial charge in [-0.1, -0.05) is 40.7 Å². The zero-order chi connectivity index (χ0) is 26.8. The summed E-state index contributed by atoms with van der Waals surface area (Å²) >= 11 is 0. The first-order chi connectivity index (χ1) is 16.7. The van der Waals surface area contributed by atoms with Gasteiger partial charge in [-0.25, -0.2) is 0 Å².